The summed E-state index contributed by atoms with van der Waals surface area (Å²) >= 11 is 5.55. The van der Waals surface area contributed by atoms with Crippen molar-refractivity contribution in [1.82, 2.24) is 0 Å². The molecule has 0 aliphatic heterocycles. The standard InChI is InChI=1S/C14H23ClN2O2S/c1-3-17(4-2)14-9-7-13(8-10-14)16-20(18,19)12-6-5-11-15/h7-10,16H,3-6,11-12H2,1-2H3. The van der Waals surface area contributed by atoms with E-state index >= 15 is 0 Å². The van der Waals surface area contributed by atoms with Gasteiger partial charge in [0.2, 0.25) is 10.0 Å². The van der Waals surface area contributed by atoms with Crippen LogP contribution in [-0.4, -0.2) is 33.1 Å². The van der Waals surface area contributed by atoms with Gasteiger partial charge in [-0.05, 0) is 51.0 Å². The highest BCUT2D eigenvalue weighted by Gasteiger charge is 2.10. The molecule has 0 amide bonds. The summed E-state index contributed by atoms with van der Waals surface area (Å²) in [7, 11) is -3.27. The third-order valence-electron chi connectivity index (χ3n) is 3.07. The minimum absolute atomic E-state index is 0.109. The molecule has 1 N–H and O–H groups in total. The molecular formula is C14H23ClN2O2S. The van der Waals surface area contributed by atoms with Crippen LogP contribution in [0.1, 0.15) is 26.7 Å². The van der Waals surface area contributed by atoms with Gasteiger partial charge in [-0.3, -0.25) is 4.72 Å². The van der Waals surface area contributed by atoms with E-state index in [1.165, 1.54) is 0 Å². The lowest BCUT2D eigenvalue weighted by Crippen LogP contribution is -2.21. The van der Waals surface area contributed by atoms with Crippen LogP contribution in [0.15, 0.2) is 24.3 Å². The number of sulfonamides is 1. The molecule has 4 nitrogen and oxygen atoms in total. The Labute approximate surface area is 127 Å². The zero-order valence-corrected chi connectivity index (χ0v) is 13.7. The number of nitrogens with one attached hydrogen (secondary N) is 1. The Bertz CT molecular complexity index is 484. The predicted molar refractivity (Wildman–Crippen MR) is 87.4 cm³/mol. The molecule has 0 aliphatic rings. The van der Waals surface area contributed by atoms with E-state index in [1.54, 1.807) is 12.1 Å². The zero-order chi connectivity index (χ0) is 15.0. The topological polar surface area (TPSA) is 49.4 Å². The zero-order valence-electron chi connectivity index (χ0n) is 12.1. The van der Waals surface area contributed by atoms with Crippen molar-refractivity contribution >= 4 is 33.0 Å². The number of anilines is 2. The summed E-state index contributed by atoms with van der Waals surface area (Å²) < 4.78 is 26.3. The smallest absolute Gasteiger partial charge is 0.232 e. The third-order valence-corrected chi connectivity index (χ3v) is 4.71. The molecule has 1 rings (SSSR count). The minimum atomic E-state index is -3.27. The normalized spacial score (nSPS) is 11.3. The van der Waals surface area contributed by atoms with E-state index in [1.807, 2.05) is 12.1 Å². The van der Waals surface area contributed by atoms with Crippen molar-refractivity contribution in [2.75, 3.05) is 34.3 Å². The number of halogens is 1. The van der Waals surface area contributed by atoms with E-state index in [0.29, 0.717) is 24.4 Å². The van der Waals surface area contributed by atoms with Gasteiger partial charge in [0.15, 0.2) is 0 Å². The van der Waals surface area contributed by atoms with E-state index in [4.69, 9.17) is 11.6 Å². The lowest BCUT2D eigenvalue weighted by molar-refractivity contribution is 0.598. The molecule has 0 radical (unpaired) electrons. The predicted octanol–water partition coefficient (Wildman–Crippen LogP) is 3.29. The molecule has 6 heteroatoms. The van der Waals surface area contributed by atoms with E-state index in [0.717, 1.165) is 18.8 Å². The minimum Gasteiger partial charge on any atom is -0.372 e. The lowest BCUT2D eigenvalue weighted by Gasteiger charge is -2.21. The summed E-state index contributed by atoms with van der Waals surface area (Å²) in [5.74, 6) is 0.603. The Morgan fingerprint density at radius 3 is 2.20 bits per heavy atom. The molecule has 0 saturated heterocycles. The Hall–Kier alpha value is -0.940. The van der Waals surface area contributed by atoms with Gasteiger partial charge in [0.25, 0.3) is 0 Å². The van der Waals surface area contributed by atoms with Gasteiger partial charge in [0.05, 0.1) is 5.75 Å². The maximum Gasteiger partial charge on any atom is 0.232 e. The Morgan fingerprint density at radius 1 is 1.10 bits per heavy atom. The molecule has 0 atom stereocenters. The van der Waals surface area contributed by atoms with Crippen LogP contribution in [-0.2, 0) is 10.0 Å². The van der Waals surface area contributed by atoms with Gasteiger partial charge in [-0.1, -0.05) is 0 Å². The van der Waals surface area contributed by atoms with Gasteiger partial charge in [-0.15, -0.1) is 11.6 Å². The van der Waals surface area contributed by atoms with E-state index < -0.39 is 10.0 Å². The number of alkyl halides is 1. The van der Waals surface area contributed by atoms with Crippen LogP contribution in [0, 0.1) is 0 Å². The van der Waals surface area contributed by atoms with Gasteiger partial charge < -0.3 is 4.90 Å². The molecule has 20 heavy (non-hydrogen) atoms. The fourth-order valence-corrected chi connectivity index (χ4v) is 3.32. The molecule has 0 spiro atoms. The summed E-state index contributed by atoms with van der Waals surface area (Å²) in [5, 5.41) is 0. The Kier molecular flexibility index (Phi) is 7.16. The van der Waals surface area contributed by atoms with Crippen LogP contribution in [0.4, 0.5) is 11.4 Å². The lowest BCUT2D eigenvalue weighted by atomic mass is 10.2. The van der Waals surface area contributed by atoms with E-state index in [-0.39, 0.29) is 5.75 Å². The second-order valence-electron chi connectivity index (χ2n) is 4.54. The summed E-state index contributed by atoms with van der Waals surface area (Å²) in [4.78, 5) is 2.21. The molecule has 0 heterocycles. The van der Waals surface area contributed by atoms with Crippen molar-refractivity contribution in [3.63, 3.8) is 0 Å². The first-order valence-corrected chi connectivity index (χ1v) is 9.12. The molecule has 1 aromatic rings. The SMILES string of the molecule is CCN(CC)c1ccc(NS(=O)(=O)CCCCCl)cc1. The summed E-state index contributed by atoms with van der Waals surface area (Å²) in [5.41, 5.74) is 1.70. The van der Waals surface area contributed by atoms with Gasteiger partial charge in [-0.2, -0.15) is 0 Å². The third kappa shape index (κ3) is 5.59. The summed E-state index contributed by atoms with van der Waals surface area (Å²) in [6, 6.07) is 7.47. The molecule has 0 aromatic heterocycles. The van der Waals surface area contributed by atoms with Crippen molar-refractivity contribution in [3.8, 4) is 0 Å². The fourth-order valence-electron chi connectivity index (χ4n) is 1.95. The highest BCUT2D eigenvalue weighted by atomic mass is 35.5. The van der Waals surface area contributed by atoms with Crippen molar-refractivity contribution in [3.05, 3.63) is 24.3 Å². The van der Waals surface area contributed by atoms with Crippen LogP contribution in [0.3, 0.4) is 0 Å². The number of unbranched alkanes of at least 4 members (excludes halogenated alkanes) is 1. The maximum absolute atomic E-state index is 11.8. The number of nitrogens with zero attached hydrogens (tertiary/aromatic N) is 1. The molecule has 0 aliphatic carbocycles. The maximum atomic E-state index is 11.8. The first kappa shape index (κ1) is 17.1. The monoisotopic (exact) mass is 318 g/mol. The summed E-state index contributed by atoms with van der Waals surface area (Å²) in [6.45, 7) is 6.05. The quantitative estimate of drug-likeness (QED) is 0.561. The first-order chi connectivity index (χ1) is 9.52. The Morgan fingerprint density at radius 2 is 1.70 bits per heavy atom. The van der Waals surface area contributed by atoms with Gasteiger partial charge >= 0.3 is 0 Å². The van der Waals surface area contributed by atoms with Crippen molar-refractivity contribution in [1.29, 1.82) is 0 Å². The second kappa shape index (κ2) is 8.37. The molecule has 1 aromatic carbocycles. The molecule has 0 unspecified atom stereocenters. The van der Waals surface area contributed by atoms with Crippen LogP contribution >= 0.6 is 11.6 Å². The molecule has 0 fully saturated rings. The van der Waals surface area contributed by atoms with Crippen molar-refractivity contribution in [2.45, 2.75) is 26.7 Å². The first-order valence-electron chi connectivity index (χ1n) is 6.94. The van der Waals surface area contributed by atoms with E-state index in [2.05, 4.69) is 23.5 Å². The van der Waals surface area contributed by atoms with Crippen molar-refractivity contribution in [2.24, 2.45) is 0 Å². The largest absolute Gasteiger partial charge is 0.372 e. The Balaban J connectivity index is 2.65. The molecule has 0 saturated carbocycles. The highest BCUT2D eigenvalue weighted by Crippen LogP contribution is 2.18. The summed E-state index contributed by atoms with van der Waals surface area (Å²) in [6.07, 6.45) is 1.29. The van der Waals surface area contributed by atoms with Crippen LogP contribution in [0.2, 0.25) is 0 Å². The van der Waals surface area contributed by atoms with E-state index in [9.17, 15) is 8.42 Å². The van der Waals surface area contributed by atoms with Crippen LogP contribution < -0.4 is 9.62 Å². The number of hydrogen-bond donors (Lipinski definition) is 1. The number of benzene rings is 1. The van der Waals surface area contributed by atoms with Gasteiger partial charge in [0.1, 0.15) is 0 Å². The van der Waals surface area contributed by atoms with Gasteiger partial charge in [-0.25, -0.2) is 8.42 Å². The highest BCUT2D eigenvalue weighted by molar-refractivity contribution is 7.92. The molecule has 114 valence electrons. The number of rotatable bonds is 9. The van der Waals surface area contributed by atoms with Crippen LogP contribution in [0.25, 0.3) is 0 Å². The molecular weight excluding hydrogens is 296 g/mol. The second-order valence-corrected chi connectivity index (χ2v) is 6.76. The average Bonchev–Trinajstić information content (AvgIpc) is 2.42. The number of hydrogen-bond acceptors (Lipinski definition) is 3. The van der Waals surface area contributed by atoms with Gasteiger partial charge in [0, 0.05) is 30.3 Å². The molecule has 0 bridgehead atoms. The van der Waals surface area contributed by atoms with Crippen LogP contribution in [0.5, 0.6) is 0 Å². The fraction of sp³-hybridized carbons (Fsp3) is 0.571. The van der Waals surface area contributed by atoms with Crippen molar-refractivity contribution < 1.29 is 8.42 Å². The average molecular weight is 319 g/mol.